The smallest absolute Gasteiger partial charge is 0.416 e. The summed E-state index contributed by atoms with van der Waals surface area (Å²) >= 11 is 0. The molecule has 0 saturated carbocycles. The summed E-state index contributed by atoms with van der Waals surface area (Å²) in [7, 11) is 0. The van der Waals surface area contributed by atoms with E-state index >= 15 is 0 Å². The maximum atomic E-state index is 12.7. The van der Waals surface area contributed by atoms with Gasteiger partial charge < -0.3 is 15.2 Å². The lowest BCUT2D eigenvalue weighted by Crippen LogP contribution is -2.34. The van der Waals surface area contributed by atoms with Crippen molar-refractivity contribution in [3.8, 4) is 0 Å². The van der Waals surface area contributed by atoms with Gasteiger partial charge in [-0.25, -0.2) is 9.59 Å². The number of aliphatic carboxylic acids is 1. The van der Waals surface area contributed by atoms with Crippen LogP contribution in [0.2, 0.25) is 0 Å². The first-order valence-corrected chi connectivity index (χ1v) is 6.96. The molecule has 0 atom stereocenters. The number of nitrogens with one attached hydrogen (secondary N) is 1. The van der Waals surface area contributed by atoms with E-state index in [0.717, 1.165) is 18.2 Å². The van der Waals surface area contributed by atoms with E-state index < -0.39 is 29.4 Å². The maximum absolute atomic E-state index is 12.7. The lowest BCUT2D eigenvalue weighted by atomic mass is 10.1. The van der Waals surface area contributed by atoms with Gasteiger partial charge >= 0.3 is 18.2 Å². The maximum Gasteiger partial charge on any atom is 0.416 e. The van der Waals surface area contributed by atoms with Crippen LogP contribution in [-0.4, -0.2) is 29.3 Å². The molecule has 0 bridgehead atoms. The van der Waals surface area contributed by atoms with Gasteiger partial charge in [-0.3, -0.25) is 0 Å². The number of rotatable bonds is 4. The molecule has 0 aliphatic heterocycles. The highest BCUT2D eigenvalue weighted by Crippen LogP contribution is 2.29. The van der Waals surface area contributed by atoms with Crippen molar-refractivity contribution in [2.24, 2.45) is 0 Å². The minimum Gasteiger partial charge on any atom is -0.478 e. The van der Waals surface area contributed by atoms with Crippen LogP contribution in [0, 0.1) is 0 Å². The Morgan fingerprint density at radius 1 is 1.25 bits per heavy atom. The Hall–Kier alpha value is -2.51. The Bertz CT molecular complexity index is 645. The Labute approximate surface area is 137 Å². The number of alkyl carbamates (subject to hydrolysis) is 1. The molecule has 0 unspecified atom stereocenters. The molecule has 0 heterocycles. The highest BCUT2D eigenvalue weighted by Gasteiger charge is 2.30. The summed E-state index contributed by atoms with van der Waals surface area (Å²) in [6, 6.07) is 4.23. The number of carboxylic acid groups (broad SMARTS) is 1. The average Bonchev–Trinajstić information content (AvgIpc) is 2.40. The molecule has 1 amide bonds. The number of halogens is 3. The second kappa shape index (κ2) is 7.37. The lowest BCUT2D eigenvalue weighted by Gasteiger charge is -2.19. The van der Waals surface area contributed by atoms with Gasteiger partial charge in [-0.1, -0.05) is 12.1 Å². The van der Waals surface area contributed by atoms with Gasteiger partial charge in [0, 0.05) is 0 Å². The first-order chi connectivity index (χ1) is 10.9. The molecule has 0 saturated heterocycles. The molecule has 0 aliphatic carbocycles. The summed E-state index contributed by atoms with van der Waals surface area (Å²) in [4.78, 5) is 22.7. The summed E-state index contributed by atoms with van der Waals surface area (Å²) in [5.41, 5.74) is -1.85. The van der Waals surface area contributed by atoms with Crippen molar-refractivity contribution in [2.45, 2.75) is 32.5 Å². The first-order valence-electron chi connectivity index (χ1n) is 6.96. The van der Waals surface area contributed by atoms with Crippen molar-refractivity contribution < 1.29 is 32.6 Å². The zero-order valence-electron chi connectivity index (χ0n) is 13.4. The number of hydrogen-bond donors (Lipinski definition) is 2. The van der Waals surface area contributed by atoms with Crippen molar-refractivity contribution in [2.75, 3.05) is 6.54 Å². The van der Waals surface area contributed by atoms with Gasteiger partial charge in [0.25, 0.3) is 0 Å². The molecule has 24 heavy (non-hydrogen) atoms. The van der Waals surface area contributed by atoms with E-state index in [4.69, 9.17) is 9.84 Å². The van der Waals surface area contributed by atoms with Crippen LogP contribution in [0.5, 0.6) is 0 Å². The molecule has 8 heteroatoms. The highest BCUT2D eigenvalue weighted by molar-refractivity contribution is 5.93. The Balaban J connectivity index is 2.91. The molecule has 1 rings (SSSR count). The third-order valence-corrected chi connectivity index (χ3v) is 2.65. The van der Waals surface area contributed by atoms with Crippen LogP contribution in [0.3, 0.4) is 0 Å². The fourth-order valence-electron chi connectivity index (χ4n) is 1.68. The normalized spacial score (nSPS) is 12.7. The molecule has 0 spiro atoms. The number of carboxylic acids is 1. The zero-order chi connectivity index (χ0) is 18.5. The van der Waals surface area contributed by atoms with Crippen molar-refractivity contribution in [3.05, 3.63) is 41.0 Å². The van der Waals surface area contributed by atoms with Crippen molar-refractivity contribution in [3.63, 3.8) is 0 Å². The number of carbonyl (C=O) groups excluding carboxylic acids is 1. The van der Waals surface area contributed by atoms with Crippen LogP contribution in [-0.2, 0) is 15.7 Å². The topological polar surface area (TPSA) is 75.6 Å². The van der Waals surface area contributed by atoms with Crippen LogP contribution >= 0.6 is 0 Å². The number of alkyl halides is 3. The molecular formula is C16H18F3NO4. The van der Waals surface area contributed by atoms with Gasteiger partial charge in [0.15, 0.2) is 0 Å². The largest absolute Gasteiger partial charge is 0.478 e. The first kappa shape index (κ1) is 19.5. The van der Waals surface area contributed by atoms with E-state index in [2.05, 4.69) is 5.32 Å². The number of ether oxygens (including phenoxy) is 1. The minimum atomic E-state index is -4.53. The fraction of sp³-hybridized carbons (Fsp3) is 0.375. The van der Waals surface area contributed by atoms with Crippen molar-refractivity contribution in [1.29, 1.82) is 0 Å². The van der Waals surface area contributed by atoms with Gasteiger partial charge in [-0.2, -0.15) is 13.2 Å². The summed E-state index contributed by atoms with van der Waals surface area (Å²) in [5, 5.41) is 11.4. The number of amides is 1. The van der Waals surface area contributed by atoms with E-state index in [1.165, 1.54) is 12.1 Å². The molecule has 0 aromatic heterocycles. The second-order valence-corrected chi connectivity index (χ2v) is 5.95. The highest BCUT2D eigenvalue weighted by atomic mass is 19.4. The molecule has 0 aliphatic rings. The van der Waals surface area contributed by atoms with Crippen molar-refractivity contribution >= 4 is 18.1 Å². The minimum absolute atomic E-state index is 0.0632. The molecule has 0 fully saturated rings. The van der Waals surface area contributed by atoms with Gasteiger partial charge in [-0.15, -0.1) is 0 Å². The van der Waals surface area contributed by atoms with Crippen molar-refractivity contribution in [1.82, 2.24) is 5.32 Å². The molecule has 0 radical (unpaired) electrons. The Morgan fingerprint density at radius 2 is 1.88 bits per heavy atom. The Morgan fingerprint density at radius 3 is 2.38 bits per heavy atom. The SMILES string of the molecule is CC(C)(C)OC(=O)NC/C(=C\c1cccc(C(F)(F)F)c1)C(=O)O. The van der Waals surface area contributed by atoms with Crippen LogP contribution in [0.15, 0.2) is 29.8 Å². The zero-order valence-corrected chi connectivity index (χ0v) is 13.4. The van der Waals surface area contributed by atoms with Crippen LogP contribution in [0.25, 0.3) is 6.08 Å². The number of hydrogen-bond acceptors (Lipinski definition) is 3. The van der Waals surface area contributed by atoms with Gasteiger partial charge in [-0.05, 0) is 44.5 Å². The second-order valence-electron chi connectivity index (χ2n) is 5.95. The lowest BCUT2D eigenvalue weighted by molar-refractivity contribution is -0.137. The van der Waals surface area contributed by atoms with Crippen LogP contribution in [0.4, 0.5) is 18.0 Å². The summed E-state index contributed by atoms with van der Waals surface area (Å²) in [6.45, 7) is 4.54. The third-order valence-electron chi connectivity index (χ3n) is 2.65. The molecule has 5 nitrogen and oxygen atoms in total. The molecule has 132 valence electrons. The number of carbonyl (C=O) groups is 2. The summed E-state index contributed by atoms with van der Waals surface area (Å²) < 4.78 is 43.0. The van der Waals surface area contributed by atoms with Gasteiger partial charge in [0.2, 0.25) is 0 Å². The van der Waals surface area contributed by atoms with E-state index in [9.17, 15) is 22.8 Å². The van der Waals surface area contributed by atoms with E-state index in [1.807, 2.05) is 0 Å². The summed E-state index contributed by atoms with van der Waals surface area (Å²) in [6.07, 6.45) is -4.28. The Kier molecular flexibility index (Phi) is 6.00. The number of benzene rings is 1. The van der Waals surface area contributed by atoms with Gasteiger partial charge in [0.1, 0.15) is 5.60 Å². The van der Waals surface area contributed by atoms with Crippen LogP contribution in [0.1, 0.15) is 31.9 Å². The predicted molar refractivity (Wildman–Crippen MR) is 81.3 cm³/mol. The van der Waals surface area contributed by atoms with E-state index in [-0.39, 0.29) is 17.7 Å². The molecule has 2 N–H and O–H groups in total. The molecule has 1 aromatic carbocycles. The van der Waals surface area contributed by atoms with E-state index in [0.29, 0.717) is 0 Å². The molecule has 1 aromatic rings. The monoisotopic (exact) mass is 345 g/mol. The average molecular weight is 345 g/mol. The fourth-order valence-corrected chi connectivity index (χ4v) is 1.68. The standard InChI is InChI=1S/C16H18F3NO4/c1-15(2,3)24-14(23)20-9-11(13(21)22)7-10-5-4-6-12(8-10)16(17,18)19/h4-8H,9H2,1-3H3,(H,20,23)(H,21,22)/b11-7+. The van der Waals surface area contributed by atoms with E-state index in [1.54, 1.807) is 20.8 Å². The van der Waals surface area contributed by atoms with Gasteiger partial charge in [0.05, 0.1) is 17.7 Å². The van der Waals surface area contributed by atoms with Crippen LogP contribution < -0.4 is 5.32 Å². The summed E-state index contributed by atoms with van der Waals surface area (Å²) in [5.74, 6) is -1.36. The predicted octanol–water partition coefficient (Wildman–Crippen LogP) is 3.70. The molecular weight excluding hydrogens is 327 g/mol. The quantitative estimate of drug-likeness (QED) is 0.816. The third kappa shape index (κ3) is 6.72.